The van der Waals surface area contributed by atoms with Gasteiger partial charge in [-0.3, -0.25) is 4.98 Å². The highest BCUT2D eigenvalue weighted by molar-refractivity contribution is 5.42. The zero-order valence-electron chi connectivity index (χ0n) is 13.1. The predicted molar refractivity (Wildman–Crippen MR) is 88.9 cm³/mol. The van der Waals surface area contributed by atoms with Crippen LogP contribution in [-0.4, -0.2) is 27.5 Å². The third kappa shape index (κ3) is 3.53. The second-order valence-electron chi connectivity index (χ2n) is 5.67. The summed E-state index contributed by atoms with van der Waals surface area (Å²) in [6.07, 6.45) is 8.57. The Morgan fingerprint density at radius 1 is 1.18 bits per heavy atom. The lowest BCUT2D eigenvalue weighted by Gasteiger charge is -2.35. The van der Waals surface area contributed by atoms with Crippen LogP contribution in [0.1, 0.15) is 38.3 Å². The smallest absolute Gasteiger partial charge is 0.227 e. The zero-order chi connectivity index (χ0) is 15.2. The summed E-state index contributed by atoms with van der Waals surface area (Å²) in [6, 6.07) is 8.41. The summed E-state index contributed by atoms with van der Waals surface area (Å²) in [6.45, 7) is 3.98. The lowest BCUT2D eigenvalue weighted by Crippen LogP contribution is -2.40. The summed E-state index contributed by atoms with van der Waals surface area (Å²) in [5, 5.41) is 3.33. The Bertz CT molecular complexity index is 587. The van der Waals surface area contributed by atoms with Gasteiger partial charge in [-0.2, -0.15) is 4.98 Å². The van der Waals surface area contributed by atoms with Crippen molar-refractivity contribution in [1.29, 1.82) is 0 Å². The van der Waals surface area contributed by atoms with E-state index in [9.17, 15) is 0 Å². The average molecular weight is 297 g/mol. The second kappa shape index (κ2) is 7.20. The van der Waals surface area contributed by atoms with Gasteiger partial charge in [0.2, 0.25) is 5.95 Å². The number of anilines is 2. The molecule has 0 bridgehead atoms. The molecule has 0 aliphatic carbocycles. The Labute approximate surface area is 131 Å². The minimum atomic E-state index is 0.569. The molecule has 2 aromatic heterocycles. The Morgan fingerprint density at radius 2 is 2.14 bits per heavy atom. The van der Waals surface area contributed by atoms with Crippen LogP contribution in [0, 0.1) is 0 Å². The topological polar surface area (TPSA) is 53.9 Å². The first-order chi connectivity index (χ1) is 10.9. The SMILES string of the molecule is CCC1CCCCN1c1nccc(NCc2ccccn2)n1. The van der Waals surface area contributed by atoms with E-state index in [-0.39, 0.29) is 0 Å². The predicted octanol–water partition coefficient (Wildman–Crippen LogP) is 3.25. The van der Waals surface area contributed by atoms with Crippen LogP contribution < -0.4 is 10.2 Å². The summed E-state index contributed by atoms with van der Waals surface area (Å²) in [4.78, 5) is 15.8. The minimum Gasteiger partial charge on any atom is -0.364 e. The molecule has 1 aliphatic heterocycles. The highest BCUT2D eigenvalue weighted by Gasteiger charge is 2.23. The van der Waals surface area contributed by atoms with Gasteiger partial charge in [0, 0.05) is 25.0 Å². The van der Waals surface area contributed by atoms with E-state index in [1.165, 1.54) is 19.3 Å². The van der Waals surface area contributed by atoms with Crippen LogP contribution in [0.2, 0.25) is 0 Å². The number of aromatic nitrogens is 3. The fourth-order valence-corrected chi connectivity index (χ4v) is 2.96. The van der Waals surface area contributed by atoms with Crippen LogP contribution in [0.4, 0.5) is 11.8 Å². The zero-order valence-corrected chi connectivity index (χ0v) is 13.1. The molecule has 0 amide bonds. The summed E-state index contributed by atoms with van der Waals surface area (Å²) in [5.74, 6) is 1.70. The molecule has 5 nitrogen and oxygen atoms in total. The van der Waals surface area contributed by atoms with Gasteiger partial charge in [-0.15, -0.1) is 0 Å². The number of nitrogens with zero attached hydrogens (tertiary/aromatic N) is 4. The molecule has 1 fully saturated rings. The van der Waals surface area contributed by atoms with Crippen molar-refractivity contribution in [3.8, 4) is 0 Å². The maximum absolute atomic E-state index is 4.69. The number of pyridine rings is 1. The Balaban J connectivity index is 1.69. The molecular formula is C17H23N5. The largest absolute Gasteiger partial charge is 0.364 e. The molecule has 0 spiro atoms. The van der Waals surface area contributed by atoms with Gasteiger partial charge in [0.1, 0.15) is 5.82 Å². The molecule has 1 unspecified atom stereocenters. The van der Waals surface area contributed by atoms with Crippen LogP contribution in [0.15, 0.2) is 36.7 Å². The van der Waals surface area contributed by atoms with Crippen molar-refractivity contribution < 1.29 is 0 Å². The second-order valence-corrected chi connectivity index (χ2v) is 5.67. The van der Waals surface area contributed by atoms with Crippen LogP contribution in [0.5, 0.6) is 0 Å². The molecular weight excluding hydrogens is 274 g/mol. The molecule has 0 saturated carbocycles. The van der Waals surface area contributed by atoms with Crippen molar-refractivity contribution in [2.45, 2.75) is 45.2 Å². The molecule has 1 atom stereocenters. The van der Waals surface area contributed by atoms with E-state index < -0.39 is 0 Å². The van der Waals surface area contributed by atoms with Gasteiger partial charge >= 0.3 is 0 Å². The number of hydrogen-bond donors (Lipinski definition) is 1. The molecule has 5 heteroatoms. The molecule has 2 aromatic rings. The van der Waals surface area contributed by atoms with Crippen molar-refractivity contribution in [3.63, 3.8) is 0 Å². The summed E-state index contributed by atoms with van der Waals surface area (Å²) < 4.78 is 0. The quantitative estimate of drug-likeness (QED) is 0.918. The third-order valence-corrected chi connectivity index (χ3v) is 4.17. The fourth-order valence-electron chi connectivity index (χ4n) is 2.96. The van der Waals surface area contributed by atoms with Crippen molar-refractivity contribution in [2.75, 3.05) is 16.8 Å². The molecule has 0 radical (unpaired) electrons. The molecule has 1 N–H and O–H groups in total. The fraction of sp³-hybridized carbons (Fsp3) is 0.471. The maximum atomic E-state index is 4.69. The molecule has 116 valence electrons. The highest BCUT2D eigenvalue weighted by atomic mass is 15.3. The van der Waals surface area contributed by atoms with Gasteiger partial charge in [0.25, 0.3) is 0 Å². The van der Waals surface area contributed by atoms with E-state index in [0.717, 1.165) is 30.4 Å². The van der Waals surface area contributed by atoms with Gasteiger partial charge in [-0.25, -0.2) is 4.98 Å². The lowest BCUT2D eigenvalue weighted by atomic mass is 10.0. The number of rotatable bonds is 5. The summed E-state index contributed by atoms with van der Waals surface area (Å²) in [5.41, 5.74) is 1.01. The lowest BCUT2D eigenvalue weighted by molar-refractivity contribution is 0.443. The molecule has 3 rings (SSSR count). The number of hydrogen-bond acceptors (Lipinski definition) is 5. The number of nitrogens with one attached hydrogen (secondary N) is 1. The van der Waals surface area contributed by atoms with Crippen LogP contribution in [0.25, 0.3) is 0 Å². The molecule has 1 saturated heterocycles. The van der Waals surface area contributed by atoms with E-state index in [4.69, 9.17) is 0 Å². The van der Waals surface area contributed by atoms with Crippen LogP contribution >= 0.6 is 0 Å². The minimum absolute atomic E-state index is 0.569. The van der Waals surface area contributed by atoms with E-state index in [1.54, 1.807) is 0 Å². The Morgan fingerprint density at radius 3 is 2.95 bits per heavy atom. The first kappa shape index (κ1) is 14.8. The summed E-state index contributed by atoms with van der Waals surface area (Å²) in [7, 11) is 0. The van der Waals surface area contributed by atoms with Crippen LogP contribution in [0.3, 0.4) is 0 Å². The van der Waals surface area contributed by atoms with Crippen molar-refractivity contribution in [2.24, 2.45) is 0 Å². The first-order valence-corrected chi connectivity index (χ1v) is 8.10. The standard InChI is InChI=1S/C17H23N5/c1-2-15-8-4-6-12-22(15)17-19-11-9-16(21-17)20-13-14-7-3-5-10-18-14/h3,5,7,9-11,15H,2,4,6,8,12-13H2,1H3,(H,19,20,21). The van der Waals surface area contributed by atoms with Gasteiger partial charge < -0.3 is 10.2 Å². The molecule has 1 aliphatic rings. The van der Waals surface area contributed by atoms with Crippen molar-refractivity contribution >= 4 is 11.8 Å². The Kier molecular flexibility index (Phi) is 4.83. The molecule has 22 heavy (non-hydrogen) atoms. The van der Waals surface area contributed by atoms with Gasteiger partial charge in [0.05, 0.1) is 12.2 Å². The van der Waals surface area contributed by atoms with Gasteiger partial charge in [0.15, 0.2) is 0 Å². The average Bonchev–Trinajstić information content (AvgIpc) is 2.61. The van der Waals surface area contributed by atoms with E-state index in [1.807, 2.05) is 36.7 Å². The van der Waals surface area contributed by atoms with Crippen molar-refractivity contribution in [1.82, 2.24) is 15.0 Å². The van der Waals surface area contributed by atoms with E-state index in [2.05, 4.69) is 32.1 Å². The van der Waals surface area contributed by atoms with Gasteiger partial charge in [-0.05, 0) is 43.9 Å². The monoisotopic (exact) mass is 297 g/mol. The van der Waals surface area contributed by atoms with Gasteiger partial charge in [-0.1, -0.05) is 13.0 Å². The maximum Gasteiger partial charge on any atom is 0.227 e. The van der Waals surface area contributed by atoms with Crippen LogP contribution in [-0.2, 0) is 6.54 Å². The Hall–Kier alpha value is -2.17. The van der Waals surface area contributed by atoms with E-state index in [0.29, 0.717) is 12.6 Å². The normalized spacial score (nSPS) is 18.2. The van der Waals surface area contributed by atoms with Crippen molar-refractivity contribution in [3.05, 3.63) is 42.4 Å². The number of piperidine rings is 1. The first-order valence-electron chi connectivity index (χ1n) is 8.10. The highest BCUT2D eigenvalue weighted by Crippen LogP contribution is 2.24. The molecule has 0 aromatic carbocycles. The molecule has 3 heterocycles. The van der Waals surface area contributed by atoms with E-state index >= 15 is 0 Å². The third-order valence-electron chi connectivity index (χ3n) is 4.17. The summed E-state index contributed by atoms with van der Waals surface area (Å²) >= 11 is 0.